The van der Waals surface area contributed by atoms with Gasteiger partial charge in [-0.2, -0.15) is 10.5 Å². The second-order valence-corrected chi connectivity index (χ2v) is 4.64. The monoisotopic (exact) mass is 216 g/mol. The maximum atomic E-state index is 11.8. The number of allylic oxidation sites excluding steroid dienone is 1. The van der Waals surface area contributed by atoms with E-state index in [0.29, 0.717) is 6.42 Å². The summed E-state index contributed by atoms with van der Waals surface area (Å²) in [6.07, 6.45) is 1.24. The summed E-state index contributed by atoms with van der Waals surface area (Å²) in [5, 5.41) is 17.8. The van der Waals surface area contributed by atoms with Gasteiger partial charge in [0.05, 0.1) is 12.1 Å². The minimum Gasteiger partial charge on any atom is -0.299 e. The fourth-order valence-electron chi connectivity index (χ4n) is 2.30. The molecule has 1 rings (SSSR count). The van der Waals surface area contributed by atoms with Crippen molar-refractivity contribution in [1.82, 2.24) is 0 Å². The Morgan fingerprint density at radius 2 is 2.06 bits per heavy atom. The minimum atomic E-state index is -0.680. The summed E-state index contributed by atoms with van der Waals surface area (Å²) in [7, 11) is 0. The van der Waals surface area contributed by atoms with Gasteiger partial charge in [-0.05, 0) is 25.2 Å². The van der Waals surface area contributed by atoms with Crippen LogP contribution in [0.15, 0.2) is 12.2 Å². The van der Waals surface area contributed by atoms with E-state index < -0.39 is 5.92 Å². The van der Waals surface area contributed by atoms with Crippen LogP contribution < -0.4 is 0 Å². The van der Waals surface area contributed by atoms with Crippen LogP contribution in [-0.2, 0) is 4.79 Å². The quantitative estimate of drug-likeness (QED) is 0.666. The first-order valence-electron chi connectivity index (χ1n) is 5.48. The first-order valence-corrected chi connectivity index (χ1v) is 5.48. The zero-order chi connectivity index (χ0) is 12.3. The molecule has 0 bridgehead atoms. The Hall–Kier alpha value is -1.61. The van der Waals surface area contributed by atoms with Gasteiger partial charge in [0, 0.05) is 12.3 Å². The van der Waals surface area contributed by atoms with Crippen LogP contribution in [0.5, 0.6) is 0 Å². The lowest BCUT2D eigenvalue weighted by Crippen LogP contribution is -2.35. The van der Waals surface area contributed by atoms with E-state index in [9.17, 15) is 4.79 Å². The number of hydrogen-bond acceptors (Lipinski definition) is 3. The van der Waals surface area contributed by atoms with Gasteiger partial charge in [-0.15, -0.1) is 0 Å². The molecule has 1 aliphatic rings. The van der Waals surface area contributed by atoms with Crippen LogP contribution in [0, 0.1) is 46.3 Å². The molecule has 0 amide bonds. The van der Waals surface area contributed by atoms with E-state index >= 15 is 0 Å². The molecule has 0 heterocycles. The van der Waals surface area contributed by atoms with Crippen LogP contribution in [-0.4, -0.2) is 5.78 Å². The number of Topliss-reactive ketones (excluding diaryl/α,β-unsaturated/α-hetero) is 1. The molecule has 3 heteroatoms. The molecule has 0 aromatic heterocycles. The predicted molar refractivity (Wildman–Crippen MR) is 59.9 cm³/mol. The van der Waals surface area contributed by atoms with Gasteiger partial charge in [-0.25, -0.2) is 0 Å². The zero-order valence-electron chi connectivity index (χ0n) is 9.73. The van der Waals surface area contributed by atoms with E-state index in [0.717, 1.165) is 12.0 Å². The summed E-state index contributed by atoms with van der Waals surface area (Å²) in [5.74, 6) is -0.711. The Labute approximate surface area is 96.4 Å². The topological polar surface area (TPSA) is 64.7 Å². The maximum Gasteiger partial charge on any atom is 0.136 e. The Bertz CT molecular complexity index is 372. The molecule has 0 N–H and O–H groups in total. The van der Waals surface area contributed by atoms with E-state index in [1.807, 2.05) is 26.0 Å². The predicted octanol–water partition coefficient (Wildman–Crippen LogP) is 2.46. The lowest BCUT2D eigenvalue weighted by Gasteiger charge is -2.33. The van der Waals surface area contributed by atoms with Crippen molar-refractivity contribution in [2.24, 2.45) is 23.7 Å². The van der Waals surface area contributed by atoms with Crippen LogP contribution in [0.2, 0.25) is 0 Å². The molecule has 3 nitrogen and oxygen atoms in total. The largest absolute Gasteiger partial charge is 0.299 e. The van der Waals surface area contributed by atoms with Crippen molar-refractivity contribution in [3.05, 3.63) is 12.2 Å². The van der Waals surface area contributed by atoms with Gasteiger partial charge >= 0.3 is 0 Å². The normalized spacial score (nSPS) is 29.6. The van der Waals surface area contributed by atoms with Gasteiger partial charge in [0.15, 0.2) is 0 Å². The average Bonchev–Trinajstić information content (AvgIpc) is 2.25. The molecule has 1 fully saturated rings. The van der Waals surface area contributed by atoms with Crippen molar-refractivity contribution < 1.29 is 4.79 Å². The second-order valence-electron chi connectivity index (χ2n) is 4.64. The lowest BCUT2D eigenvalue weighted by atomic mass is 9.68. The van der Waals surface area contributed by atoms with Crippen LogP contribution in [0.3, 0.4) is 0 Å². The molecular weight excluding hydrogens is 200 g/mol. The number of rotatable bonds is 2. The minimum absolute atomic E-state index is 0.137. The standard InChI is InChI=1S/C13H16N2O/c1-8(2)10-4-12(11(6-14)7-15)9(3)13(16)5-10/h9-12H,1,4-5H2,2-3H3/t9-,10?,12-/m0/s1. The van der Waals surface area contributed by atoms with Crippen molar-refractivity contribution in [3.63, 3.8) is 0 Å². The third-order valence-corrected chi connectivity index (χ3v) is 3.56. The molecule has 0 radical (unpaired) electrons. The summed E-state index contributed by atoms with van der Waals surface area (Å²) in [6, 6.07) is 3.98. The molecule has 84 valence electrons. The molecule has 0 spiro atoms. The van der Waals surface area contributed by atoms with Gasteiger partial charge in [0.1, 0.15) is 11.7 Å². The molecule has 1 unspecified atom stereocenters. The van der Waals surface area contributed by atoms with Crippen molar-refractivity contribution in [3.8, 4) is 12.1 Å². The Morgan fingerprint density at radius 1 is 1.50 bits per heavy atom. The number of carbonyl (C=O) groups is 1. The summed E-state index contributed by atoms with van der Waals surface area (Å²) in [4.78, 5) is 11.8. The summed E-state index contributed by atoms with van der Waals surface area (Å²) < 4.78 is 0. The summed E-state index contributed by atoms with van der Waals surface area (Å²) in [5.41, 5.74) is 0.972. The summed E-state index contributed by atoms with van der Waals surface area (Å²) in [6.45, 7) is 7.59. The van der Waals surface area contributed by atoms with Gasteiger partial charge in [0.2, 0.25) is 0 Å². The third kappa shape index (κ3) is 2.31. The highest BCUT2D eigenvalue weighted by atomic mass is 16.1. The Kier molecular flexibility index (Phi) is 3.85. The lowest BCUT2D eigenvalue weighted by molar-refractivity contribution is -0.127. The van der Waals surface area contributed by atoms with Crippen LogP contribution in [0.1, 0.15) is 26.7 Å². The first kappa shape index (κ1) is 12.5. The molecule has 0 aromatic carbocycles. The first-order chi connectivity index (χ1) is 7.51. The highest BCUT2D eigenvalue weighted by Crippen LogP contribution is 2.38. The number of hydrogen-bond donors (Lipinski definition) is 0. The van der Waals surface area contributed by atoms with Gasteiger partial charge in [-0.1, -0.05) is 19.1 Å². The van der Waals surface area contributed by atoms with Gasteiger partial charge in [0.25, 0.3) is 0 Å². The van der Waals surface area contributed by atoms with Crippen molar-refractivity contribution in [2.75, 3.05) is 0 Å². The Morgan fingerprint density at radius 3 is 2.50 bits per heavy atom. The highest BCUT2D eigenvalue weighted by molar-refractivity contribution is 5.82. The van der Waals surface area contributed by atoms with E-state index in [-0.39, 0.29) is 23.5 Å². The van der Waals surface area contributed by atoms with Crippen molar-refractivity contribution in [1.29, 1.82) is 10.5 Å². The fourth-order valence-corrected chi connectivity index (χ4v) is 2.30. The summed E-state index contributed by atoms with van der Waals surface area (Å²) >= 11 is 0. The number of ketones is 1. The smallest absolute Gasteiger partial charge is 0.136 e. The van der Waals surface area contributed by atoms with E-state index in [1.165, 1.54) is 0 Å². The van der Waals surface area contributed by atoms with E-state index in [4.69, 9.17) is 10.5 Å². The van der Waals surface area contributed by atoms with Crippen LogP contribution in [0.25, 0.3) is 0 Å². The third-order valence-electron chi connectivity index (χ3n) is 3.56. The van der Waals surface area contributed by atoms with Crippen molar-refractivity contribution in [2.45, 2.75) is 26.7 Å². The van der Waals surface area contributed by atoms with E-state index in [2.05, 4.69) is 6.58 Å². The maximum absolute atomic E-state index is 11.8. The van der Waals surface area contributed by atoms with Crippen LogP contribution in [0.4, 0.5) is 0 Å². The molecule has 0 aromatic rings. The SMILES string of the molecule is C=C(C)C1CC(=O)[C@@H](C)[C@@H](C(C#N)C#N)C1. The molecule has 1 saturated carbocycles. The zero-order valence-corrected chi connectivity index (χ0v) is 9.73. The molecule has 16 heavy (non-hydrogen) atoms. The Balaban J connectivity index is 2.91. The molecule has 0 saturated heterocycles. The molecule has 1 aliphatic carbocycles. The molecule has 3 atom stereocenters. The highest BCUT2D eigenvalue weighted by Gasteiger charge is 2.38. The number of nitriles is 2. The number of nitrogens with zero attached hydrogens (tertiary/aromatic N) is 2. The molecular formula is C13H16N2O. The second kappa shape index (κ2) is 4.94. The van der Waals surface area contributed by atoms with Gasteiger partial charge < -0.3 is 0 Å². The van der Waals surface area contributed by atoms with Gasteiger partial charge in [-0.3, -0.25) is 4.79 Å². The molecule has 0 aliphatic heterocycles. The van der Waals surface area contributed by atoms with E-state index in [1.54, 1.807) is 0 Å². The number of carbonyl (C=O) groups excluding carboxylic acids is 1. The van der Waals surface area contributed by atoms with Crippen LogP contribution >= 0.6 is 0 Å². The average molecular weight is 216 g/mol. The van der Waals surface area contributed by atoms with Crippen molar-refractivity contribution >= 4 is 5.78 Å². The fraction of sp³-hybridized carbons (Fsp3) is 0.615.